The number of nitrogens with zero attached hydrogens (tertiary/aromatic N) is 1. The van der Waals surface area contributed by atoms with Crippen molar-refractivity contribution in [3.8, 4) is 0 Å². The molecule has 0 spiro atoms. The number of halogens is 1. The van der Waals surface area contributed by atoms with E-state index in [0.29, 0.717) is 18.0 Å². The van der Waals surface area contributed by atoms with Crippen molar-refractivity contribution in [2.75, 3.05) is 18.1 Å². The van der Waals surface area contributed by atoms with Crippen LogP contribution in [-0.2, 0) is 14.6 Å². The van der Waals surface area contributed by atoms with Gasteiger partial charge in [-0.2, -0.15) is 0 Å². The minimum absolute atomic E-state index is 0.0227. The van der Waals surface area contributed by atoms with Crippen molar-refractivity contribution in [2.45, 2.75) is 18.9 Å². The molecule has 1 amide bonds. The van der Waals surface area contributed by atoms with Crippen LogP contribution >= 0.6 is 11.6 Å². The number of carbonyl (C=O) groups excluding carboxylic acids is 1. The number of nitrogens with one attached hydrogen (secondary N) is 1. The highest BCUT2D eigenvalue weighted by atomic mass is 35.5. The molecule has 2 aromatic rings. The number of aromatic nitrogens is 1. The summed E-state index contributed by atoms with van der Waals surface area (Å²) in [5.41, 5.74) is 0.999. The summed E-state index contributed by atoms with van der Waals surface area (Å²) < 4.78 is 25.0. The van der Waals surface area contributed by atoms with Gasteiger partial charge in [-0.15, -0.1) is 0 Å². The second kappa shape index (κ2) is 7.62. The maximum atomic E-state index is 12.4. The lowest BCUT2D eigenvalue weighted by atomic mass is 10.0. The standard InChI is InChI=1S/C18H21ClN2O3S/c19-16-5-3-15(4-6-16)17(21-8-1-2-9-21)11-18(22)20-12-14-7-10-25(23,24)13-14/h1-6,8-9,14,17H,7,10-13H2,(H,20,22)/t14-,17+/m0/s1. The van der Waals surface area contributed by atoms with Crippen LogP contribution in [0, 0.1) is 5.92 Å². The van der Waals surface area contributed by atoms with Crippen molar-refractivity contribution in [1.29, 1.82) is 0 Å². The maximum Gasteiger partial charge on any atom is 0.222 e. The van der Waals surface area contributed by atoms with Gasteiger partial charge in [0.25, 0.3) is 0 Å². The van der Waals surface area contributed by atoms with Gasteiger partial charge in [-0.05, 0) is 42.2 Å². The Bertz CT molecular complexity index is 817. The average Bonchev–Trinajstić information content (AvgIpc) is 3.21. The van der Waals surface area contributed by atoms with E-state index < -0.39 is 9.84 Å². The molecule has 0 unspecified atom stereocenters. The number of amides is 1. The molecule has 25 heavy (non-hydrogen) atoms. The molecule has 0 saturated carbocycles. The Morgan fingerprint density at radius 2 is 1.92 bits per heavy atom. The summed E-state index contributed by atoms with van der Waals surface area (Å²) in [4.78, 5) is 12.4. The predicted molar refractivity (Wildman–Crippen MR) is 98.4 cm³/mol. The third-order valence-electron chi connectivity index (χ3n) is 4.54. The SMILES string of the molecule is O=C(C[C@H](c1ccc(Cl)cc1)n1cccc1)NC[C@@H]1CCS(=O)(=O)C1. The summed E-state index contributed by atoms with van der Waals surface area (Å²) in [6.07, 6.45) is 4.77. The molecule has 1 aliphatic heterocycles. The lowest BCUT2D eigenvalue weighted by Crippen LogP contribution is -2.31. The van der Waals surface area contributed by atoms with Crippen LogP contribution in [-0.4, -0.2) is 36.9 Å². The van der Waals surface area contributed by atoms with E-state index >= 15 is 0 Å². The van der Waals surface area contributed by atoms with E-state index in [0.717, 1.165) is 5.56 Å². The van der Waals surface area contributed by atoms with Crippen molar-refractivity contribution in [3.05, 3.63) is 59.4 Å². The number of benzene rings is 1. The van der Waals surface area contributed by atoms with Crippen LogP contribution in [0.4, 0.5) is 0 Å². The molecule has 1 saturated heterocycles. The molecule has 7 heteroatoms. The zero-order chi connectivity index (χ0) is 17.9. The fraction of sp³-hybridized carbons (Fsp3) is 0.389. The summed E-state index contributed by atoms with van der Waals surface area (Å²) in [5, 5.41) is 3.55. The van der Waals surface area contributed by atoms with Crippen molar-refractivity contribution in [2.24, 2.45) is 5.92 Å². The average molecular weight is 381 g/mol. The predicted octanol–water partition coefficient (Wildman–Crippen LogP) is 2.67. The number of sulfone groups is 1. The van der Waals surface area contributed by atoms with Crippen LogP contribution in [0.1, 0.15) is 24.4 Å². The molecule has 1 aromatic heterocycles. The highest BCUT2D eigenvalue weighted by Gasteiger charge is 2.28. The Balaban J connectivity index is 1.64. The molecule has 1 fully saturated rings. The number of rotatable bonds is 6. The van der Waals surface area contributed by atoms with E-state index in [1.165, 1.54) is 0 Å². The van der Waals surface area contributed by atoms with Gasteiger partial charge in [0.2, 0.25) is 5.91 Å². The van der Waals surface area contributed by atoms with Gasteiger partial charge in [-0.3, -0.25) is 4.79 Å². The molecular weight excluding hydrogens is 360 g/mol. The monoisotopic (exact) mass is 380 g/mol. The van der Waals surface area contributed by atoms with Crippen LogP contribution < -0.4 is 5.32 Å². The lowest BCUT2D eigenvalue weighted by Gasteiger charge is -2.20. The number of carbonyl (C=O) groups is 1. The molecule has 1 N–H and O–H groups in total. The zero-order valence-corrected chi connectivity index (χ0v) is 15.3. The van der Waals surface area contributed by atoms with Crippen LogP contribution in [0.25, 0.3) is 0 Å². The first-order valence-corrected chi connectivity index (χ1v) is 10.5. The van der Waals surface area contributed by atoms with E-state index in [2.05, 4.69) is 5.32 Å². The first kappa shape index (κ1) is 18.0. The fourth-order valence-electron chi connectivity index (χ4n) is 3.17. The molecule has 1 aliphatic rings. The largest absolute Gasteiger partial charge is 0.356 e. The number of hydrogen-bond acceptors (Lipinski definition) is 3. The van der Waals surface area contributed by atoms with E-state index in [1.54, 1.807) is 0 Å². The Kier molecular flexibility index (Phi) is 5.49. The van der Waals surface area contributed by atoms with Gasteiger partial charge >= 0.3 is 0 Å². The van der Waals surface area contributed by atoms with Crippen LogP contribution in [0.15, 0.2) is 48.8 Å². The summed E-state index contributed by atoms with van der Waals surface area (Å²) >= 11 is 5.96. The molecule has 5 nitrogen and oxygen atoms in total. The van der Waals surface area contributed by atoms with Crippen molar-refractivity contribution >= 4 is 27.3 Å². The molecular formula is C18H21ClN2O3S. The smallest absolute Gasteiger partial charge is 0.222 e. The van der Waals surface area contributed by atoms with E-state index in [9.17, 15) is 13.2 Å². The second-order valence-electron chi connectivity index (χ2n) is 6.47. The highest BCUT2D eigenvalue weighted by Crippen LogP contribution is 2.24. The summed E-state index contributed by atoms with van der Waals surface area (Å²) in [6.45, 7) is 0.414. The Labute approximate surface area is 152 Å². The van der Waals surface area contributed by atoms with Gasteiger partial charge in [-0.1, -0.05) is 23.7 Å². The third kappa shape index (κ3) is 4.86. The van der Waals surface area contributed by atoms with Gasteiger partial charge < -0.3 is 9.88 Å². The van der Waals surface area contributed by atoms with Gasteiger partial charge in [0.1, 0.15) is 0 Å². The minimum Gasteiger partial charge on any atom is -0.356 e. The quantitative estimate of drug-likeness (QED) is 0.837. The topological polar surface area (TPSA) is 68.2 Å². The Hall–Kier alpha value is -1.79. The highest BCUT2D eigenvalue weighted by molar-refractivity contribution is 7.91. The maximum absolute atomic E-state index is 12.4. The number of hydrogen-bond donors (Lipinski definition) is 1. The van der Waals surface area contributed by atoms with Gasteiger partial charge in [-0.25, -0.2) is 8.42 Å². The molecule has 3 rings (SSSR count). The van der Waals surface area contributed by atoms with Crippen molar-refractivity contribution in [3.63, 3.8) is 0 Å². The minimum atomic E-state index is -2.92. The molecule has 0 bridgehead atoms. The fourth-order valence-corrected chi connectivity index (χ4v) is 5.16. The molecule has 134 valence electrons. The van der Waals surface area contributed by atoms with Gasteiger partial charge in [0.15, 0.2) is 9.84 Å². The molecule has 2 atom stereocenters. The molecule has 0 aliphatic carbocycles. The first-order valence-electron chi connectivity index (χ1n) is 8.28. The lowest BCUT2D eigenvalue weighted by molar-refractivity contribution is -0.121. The van der Waals surface area contributed by atoms with Gasteiger partial charge in [0, 0.05) is 24.0 Å². The third-order valence-corrected chi connectivity index (χ3v) is 6.62. The summed E-state index contributed by atoms with van der Waals surface area (Å²) in [7, 11) is -2.92. The van der Waals surface area contributed by atoms with Crippen LogP contribution in [0.5, 0.6) is 0 Å². The molecule has 0 radical (unpaired) electrons. The van der Waals surface area contributed by atoms with E-state index in [4.69, 9.17) is 11.6 Å². The van der Waals surface area contributed by atoms with Gasteiger partial charge in [0.05, 0.1) is 24.0 Å². The normalized spacial score (nSPS) is 20.3. The first-order chi connectivity index (χ1) is 11.9. The molecule has 2 heterocycles. The van der Waals surface area contributed by atoms with E-state index in [-0.39, 0.29) is 35.8 Å². The Morgan fingerprint density at radius 1 is 1.24 bits per heavy atom. The second-order valence-corrected chi connectivity index (χ2v) is 9.14. The zero-order valence-electron chi connectivity index (χ0n) is 13.8. The molecule has 1 aromatic carbocycles. The summed E-state index contributed by atoms with van der Waals surface area (Å²) in [6, 6.07) is 11.2. The van der Waals surface area contributed by atoms with Crippen molar-refractivity contribution in [1.82, 2.24) is 9.88 Å². The van der Waals surface area contributed by atoms with Crippen molar-refractivity contribution < 1.29 is 13.2 Å². The van der Waals surface area contributed by atoms with E-state index in [1.807, 2.05) is 53.4 Å². The van der Waals surface area contributed by atoms with Crippen LogP contribution in [0.3, 0.4) is 0 Å². The Morgan fingerprint density at radius 3 is 2.52 bits per heavy atom. The summed E-state index contributed by atoms with van der Waals surface area (Å²) in [5.74, 6) is 0.336. The van der Waals surface area contributed by atoms with Crippen LogP contribution in [0.2, 0.25) is 5.02 Å².